The van der Waals surface area contributed by atoms with Crippen LogP contribution in [-0.4, -0.2) is 56.8 Å². The lowest BCUT2D eigenvalue weighted by molar-refractivity contribution is -0.142. The van der Waals surface area contributed by atoms with Crippen molar-refractivity contribution >= 4 is 17.7 Å². The van der Waals surface area contributed by atoms with Crippen molar-refractivity contribution in [1.29, 1.82) is 0 Å². The number of esters is 1. The van der Waals surface area contributed by atoms with Gasteiger partial charge in [0.15, 0.2) is 11.5 Å². The molecule has 1 N–H and O–H groups in total. The Morgan fingerprint density at radius 3 is 2.68 bits per heavy atom. The third-order valence-corrected chi connectivity index (χ3v) is 6.09. The molecule has 34 heavy (non-hydrogen) atoms. The molecule has 1 aliphatic carbocycles. The van der Waals surface area contributed by atoms with Gasteiger partial charge in [0.05, 0.1) is 13.7 Å². The van der Waals surface area contributed by atoms with Crippen LogP contribution < -0.4 is 19.7 Å². The number of methoxy groups -OCH3 is 1. The molecule has 4 rings (SSSR count). The highest BCUT2D eigenvalue weighted by Gasteiger charge is 2.39. The molecule has 2 fully saturated rings. The number of anilines is 1. The van der Waals surface area contributed by atoms with E-state index >= 15 is 0 Å². The van der Waals surface area contributed by atoms with Crippen LogP contribution in [0.25, 0.3) is 0 Å². The van der Waals surface area contributed by atoms with Gasteiger partial charge in [-0.15, -0.1) is 0 Å². The van der Waals surface area contributed by atoms with E-state index in [1.807, 2.05) is 0 Å². The molecule has 1 aromatic carbocycles. The Balaban J connectivity index is 1.61. The maximum absolute atomic E-state index is 12.9. The van der Waals surface area contributed by atoms with Gasteiger partial charge in [-0.25, -0.2) is 9.78 Å². The van der Waals surface area contributed by atoms with Gasteiger partial charge in [-0.2, -0.15) is 8.78 Å². The Morgan fingerprint density at radius 2 is 2.00 bits per heavy atom. The summed E-state index contributed by atoms with van der Waals surface area (Å²) in [6, 6.07) is 9.30. The second kappa shape index (κ2) is 10.2. The van der Waals surface area contributed by atoms with Crippen LogP contribution in [0.2, 0.25) is 0 Å². The Labute approximate surface area is 196 Å². The number of nitrogens with one attached hydrogen (secondary N) is 1. The molecule has 1 amide bonds. The van der Waals surface area contributed by atoms with Crippen LogP contribution in [0.3, 0.4) is 0 Å². The number of benzene rings is 1. The summed E-state index contributed by atoms with van der Waals surface area (Å²) in [5.41, 5.74) is 1.06. The van der Waals surface area contributed by atoms with E-state index in [9.17, 15) is 18.4 Å². The highest BCUT2D eigenvalue weighted by atomic mass is 19.3. The first-order valence-corrected chi connectivity index (χ1v) is 11.1. The van der Waals surface area contributed by atoms with Crippen molar-refractivity contribution in [3.8, 4) is 11.5 Å². The SMILES string of the molecule is CNC(=O)c1cccc(N2CC(c3ccc(OC(F)F)c(OCC4CC4)c3)CC2C(=O)OC)n1. The smallest absolute Gasteiger partial charge is 0.387 e. The lowest BCUT2D eigenvalue weighted by Gasteiger charge is -2.24. The molecule has 2 aromatic rings. The summed E-state index contributed by atoms with van der Waals surface area (Å²) in [6.45, 7) is -2.10. The van der Waals surface area contributed by atoms with Crippen LogP contribution in [-0.2, 0) is 9.53 Å². The molecule has 0 spiro atoms. The number of ether oxygens (including phenoxy) is 3. The third-order valence-electron chi connectivity index (χ3n) is 6.09. The van der Waals surface area contributed by atoms with Gasteiger partial charge in [-0.05, 0) is 55.0 Å². The Kier molecular flexibility index (Phi) is 7.14. The molecule has 2 heterocycles. The molecule has 1 saturated heterocycles. The average molecular weight is 475 g/mol. The monoisotopic (exact) mass is 475 g/mol. The van der Waals surface area contributed by atoms with Crippen molar-refractivity contribution < 1.29 is 32.6 Å². The normalized spacial score (nSPS) is 19.7. The summed E-state index contributed by atoms with van der Waals surface area (Å²) in [5.74, 6) is 0.278. The lowest BCUT2D eigenvalue weighted by Crippen LogP contribution is -2.37. The summed E-state index contributed by atoms with van der Waals surface area (Å²) < 4.78 is 41.2. The molecule has 2 atom stereocenters. The van der Waals surface area contributed by atoms with E-state index in [1.54, 1.807) is 35.2 Å². The standard InChI is InChI=1S/C24H27F2N3O5/c1-27-22(30)17-4-3-5-21(28-17)29-12-16(10-18(29)23(31)32-2)15-8-9-19(34-24(25)26)20(11-15)33-13-14-6-7-14/h3-5,8-9,11,14,16,18,24H,6-7,10,12-13H2,1-2H3,(H,27,30). The number of carbonyl (C=O) groups is 2. The van der Waals surface area contributed by atoms with E-state index in [-0.39, 0.29) is 29.0 Å². The first-order valence-electron chi connectivity index (χ1n) is 11.1. The van der Waals surface area contributed by atoms with Gasteiger partial charge in [0.2, 0.25) is 0 Å². The second-order valence-corrected chi connectivity index (χ2v) is 8.42. The fraction of sp³-hybridized carbons (Fsp3) is 0.458. The minimum Gasteiger partial charge on any atom is -0.489 e. The summed E-state index contributed by atoms with van der Waals surface area (Å²) in [6.07, 6.45) is 2.55. The topological polar surface area (TPSA) is 90.0 Å². The van der Waals surface area contributed by atoms with E-state index in [0.717, 1.165) is 18.4 Å². The van der Waals surface area contributed by atoms with Crippen LogP contribution in [0.1, 0.15) is 41.2 Å². The Hall–Kier alpha value is -3.43. The van der Waals surface area contributed by atoms with Crippen molar-refractivity contribution in [2.24, 2.45) is 5.92 Å². The highest BCUT2D eigenvalue weighted by Crippen LogP contribution is 2.40. The zero-order valence-corrected chi connectivity index (χ0v) is 19.0. The molecule has 1 aromatic heterocycles. The van der Waals surface area contributed by atoms with Gasteiger partial charge >= 0.3 is 12.6 Å². The van der Waals surface area contributed by atoms with E-state index in [4.69, 9.17) is 9.47 Å². The predicted molar refractivity (Wildman–Crippen MR) is 119 cm³/mol. The van der Waals surface area contributed by atoms with Crippen molar-refractivity contribution in [1.82, 2.24) is 10.3 Å². The fourth-order valence-corrected chi connectivity index (χ4v) is 4.10. The van der Waals surface area contributed by atoms with Crippen LogP contribution in [0.5, 0.6) is 11.5 Å². The van der Waals surface area contributed by atoms with Crippen molar-refractivity contribution in [3.05, 3.63) is 47.7 Å². The van der Waals surface area contributed by atoms with Crippen LogP contribution in [0, 0.1) is 5.92 Å². The lowest BCUT2D eigenvalue weighted by atomic mass is 9.96. The number of halogens is 2. The third kappa shape index (κ3) is 5.37. The van der Waals surface area contributed by atoms with Gasteiger partial charge in [-0.3, -0.25) is 4.79 Å². The van der Waals surface area contributed by atoms with E-state index in [0.29, 0.717) is 31.3 Å². The summed E-state index contributed by atoms with van der Waals surface area (Å²) >= 11 is 0. The van der Waals surface area contributed by atoms with Gasteiger partial charge in [0.1, 0.15) is 17.6 Å². The molecule has 1 saturated carbocycles. The van der Waals surface area contributed by atoms with Gasteiger partial charge < -0.3 is 24.4 Å². The van der Waals surface area contributed by atoms with E-state index < -0.39 is 18.6 Å². The molecule has 0 radical (unpaired) electrons. The minimum atomic E-state index is -2.96. The van der Waals surface area contributed by atoms with E-state index in [2.05, 4.69) is 15.0 Å². The van der Waals surface area contributed by atoms with Gasteiger partial charge in [0.25, 0.3) is 5.91 Å². The maximum Gasteiger partial charge on any atom is 0.387 e. The van der Waals surface area contributed by atoms with Crippen LogP contribution in [0.4, 0.5) is 14.6 Å². The molecule has 10 heteroatoms. The van der Waals surface area contributed by atoms with Crippen LogP contribution >= 0.6 is 0 Å². The van der Waals surface area contributed by atoms with Crippen molar-refractivity contribution in [3.63, 3.8) is 0 Å². The quantitative estimate of drug-likeness (QED) is 0.556. The first-order chi connectivity index (χ1) is 16.4. The highest BCUT2D eigenvalue weighted by molar-refractivity contribution is 5.92. The largest absolute Gasteiger partial charge is 0.489 e. The molecule has 8 nitrogen and oxygen atoms in total. The molecule has 2 unspecified atom stereocenters. The summed E-state index contributed by atoms with van der Waals surface area (Å²) in [4.78, 5) is 30.8. The van der Waals surface area contributed by atoms with Gasteiger partial charge in [-0.1, -0.05) is 12.1 Å². The zero-order chi connectivity index (χ0) is 24.2. The average Bonchev–Trinajstić information content (AvgIpc) is 3.57. The van der Waals surface area contributed by atoms with Crippen molar-refractivity contribution in [2.75, 3.05) is 32.2 Å². The summed E-state index contributed by atoms with van der Waals surface area (Å²) in [5, 5.41) is 2.54. The molecular formula is C24H27F2N3O5. The number of hydrogen-bond donors (Lipinski definition) is 1. The molecule has 182 valence electrons. The number of hydrogen-bond acceptors (Lipinski definition) is 7. The van der Waals surface area contributed by atoms with Crippen LogP contribution in [0.15, 0.2) is 36.4 Å². The second-order valence-electron chi connectivity index (χ2n) is 8.42. The van der Waals surface area contributed by atoms with Crippen molar-refractivity contribution in [2.45, 2.75) is 37.8 Å². The fourth-order valence-electron chi connectivity index (χ4n) is 4.10. The van der Waals surface area contributed by atoms with Gasteiger partial charge in [0, 0.05) is 19.5 Å². The summed E-state index contributed by atoms with van der Waals surface area (Å²) in [7, 11) is 2.84. The number of alkyl halides is 2. The first kappa shape index (κ1) is 23.7. The Morgan fingerprint density at radius 1 is 1.21 bits per heavy atom. The number of carbonyl (C=O) groups excluding carboxylic acids is 2. The number of amides is 1. The predicted octanol–water partition coefficient (Wildman–Crippen LogP) is 3.37. The molecule has 0 bridgehead atoms. The Bertz CT molecular complexity index is 1050. The minimum absolute atomic E-state index is 0.0151. The molecule has 1 aliphatic heterocycles. The number of aromatic nitrogens is 1. The number of nitrogens with zero attached hydrogens (tertiary/aromatic N) is 2. The zero-order valence-electron chi connectivity index (χ0n) is 19.0. The molecule has 2 aliphatic rings. The number of rotatable bonds is 9. The van der Waals surface area contributed by atoms with E-state index in [1.165, 1.54) is 20.2 Å². The maximum atomic E-state index is 12.9. The molecular weight excluding hydrogens is 448 g/mol. The number of pyridine rings is 1.